The molecular formula is C17H20ClNO2S. The minimum absolute atomic E-state index is 0.137. The molecule has 1 aromatic heterocycles. The van der Waals surface area contributed by atoms with Gasteiger partial charge >= 0.3 is 0 Å². The molecule has 0 atom stereocenters. The lowest BCUT2D eigenvalue weighted by atomic mass is 10.2. The van der Waals surface area contributed by atoms with Crippen LogP contribution in [0.2, 0.25) is 5.02 Å². The molecule has 1 aromatic carbocycles. The molecule has 0 aliphatic heterocycles. The third-order valence-electron chi connectivity index (χ3n) is 3.13. The summed E-state index contributed by atoms with van der Waals surface area (Å²) in [6, 6.07) is 11.4. The molecule has 2 aromatic rings. The van der Waals surface area contributed by atoms with Gasteiger partial charge in [0.15, 0.2) is 5.76 Å². The van der Waals surface area contributed by atoms with E-state index in [0.29, 0.717) is 12.3 Å². The van der Waals surface area contributed by atoms with Crippen molar-refractivity contribution in [1.82, 2.24) is 5.32 Å². The molecule has 1 amide bonds. The van der Waals surface area contributed by atoms with Gasteiger partial charge in [-0.25, -0.2) is 0 Å². The van der Waals surface area contributed by atoms with Gasteiger partial charge < -0.3 is 9.73 Å². The number of halogens is 1. The molecule has 0 radical (unpaired) electrons. The summed E-state index contributed by atoms with van der Waals surface area (Å²) in [6.45, 7) is 2.78. The van der Waals surface area contributed by atoms with Gasteiger partial charge in [-0.2, -0.15) is 0 Å². The van der Waals surface area contributed by atoms with Gasteiger partial charge in [-0.15, -0.1) is 11.8 Å². The number of furan rings is 1. The van der Waals surface area contributed by atoms with Gasteiger partial charge in [-0.3, -0.25) is 4.79 Å². The molecule has 0 saturated carbocycles. The van der Waals surface area contributed by atoms with E-state index in [-0.39, 0.29) is 5.91 Å². The lowest BCUT2D eigenvalue weighted by Gasteiger charge is -2.02. The van der Waals surface area contributed by atoms with Gasteiger partial charge in [-0.05, 0) is 36.2 Å². The fourth-order valence-corrected chi connectivity index (χ4v) is 2.91. The molecule has 0 aliphatic rings. The number of thioether (sulfide) groups is 1. The highest BCUT2D eigenvalue weighted by atomic mass is 35.5. The molecule has 0 saturated heterocycles. The molecule has 22 heavy (non-hydrogen) atoms. The summed E-state index contributed by atoms with van der Waals surface area (Å²) < 4.78 is 5.58. The van der Waals surface area contributed by atoms with E-state index < -0.39 is 0 Å². The van der Waals surface area contributed by atoms with E-state index >= 15 is 0 Å². The fraction of sp³-hybridized carbons (Fsp3) is 0.353. The zero-order chi connectivity index (χ0) is 15.8. The summed E-state index contributed by atoms with van der Waals surface area (Å²) in [4.78, 5) is 11.8. The Kier molecular flexibility index (Phi) is 6.87. The van der Waals surface area contributed by atoms with Crippen LogP contribution in [0.25, 0.3) is 0 Å². The van der Waals surface area contributed by atoms with E-state index in [1.807, 2.05) is 30.3 Å². The molecule has 1 N–H and O–H groups in total. The fourth-order valence-electron chi connectivity index (χ4n) is 1.89. The van der Waals surface area contributed by atoms with Crippen LogP contribution >= 0.6 is 23.4 Å². The van der Waals surface area contributed by atoms with Crippen LogP contribution in [0.15, 0.2) is 40.8 Å². The third-order valence-corrected chi connectivity index (χ3v) is 4.41. The van der Waals surface area contributed by atoms with Crippen molar-refractivity contribution < 1.29 is 9.21 Å². The van der Waals surface area contributed by atoms with Gasteiger partial charge in [0.25, 0.3) is 5.91 Å². The highest BCUT2D eigenvalue weighted by molar-refractivity contribution is 7.97. The van der Waals surface area contributed by atoms with Crippen molar-refractivity contribution >= 4 is 29.3 Å². The van der Waals surface area contributed by atoms with Crippen LogP contribution in [0.5, 0.6) is 0 Å². The standard InChI is InChI=1S/C17H20ClNO2S/c1-2-3-10-19-17(20)16-9-8-15(21-16)12-22-11-13-4-6-14(18)7-5-13/h4-9H,2-3,10-12H2,1H3,(H,19,20). The molecule has 0 fully saturated rings. The van der Waals surface area contributed by atoms with E-state index in [0.717, 1.165) is 35.1 Å². The summed E-state index contributed by atoms with van der Waals surface area (Å²) >= 11 is 7.60. The molecule has 2 rings (SSSR count). The number of benzene rings is 1. The Morgan fingerprint density at radius 1 is 1.18 bits per heavy atom. The zero-order valence-electron chi connectivity index (χ0n) is 12.6. The average molecular weight is 338 g/mol. The first kappa shape index (κ1) is 17.0. The molecular weight excluding hydrogens is 318 g/mol. The van der Waals surface area contributed by atoms with Gasteiger partial charge in [0, 0.05) is 17.3 Å². The normalized spacial score (nSPS) is 10.6. The summed E-state index contributed by atoms with van der Waals surface area (Å²) in [5, 5.41) is 3.60. The number of carbonyl (C=O) groups excluding carboxylic acids is 1. The van der Waals surface area contributed by atoms with Crippen molar-refractivity contribution in [2.45, 2.75) is 31.3 Å². The second kappa shape index (κ2) is 8.91. The maximum absolute atomic E-state index is 11.8. The molecule has 0 unspecified atom stereocenters. The molecule has 0 bridgehead atoms. The van der Waals surface area contributed by atoms with Crippen LogP contribution in [0, 0.1) is 0 Å². The van der Waals surface area contributed by atoms with Crippen molar-refractivity contribution in [3.63, 3.8) is 0 Å². The van der Waals surface area contributed by atoms with E-state index in [1.165, 1.54) is 5.56 Å². The highest BCUT2D eigenvalue weighted by Gasteiger charge is 2.10. The van der Waals surface area contributed by atoms with Gasteiger partial charge in [0.1, 0.15) is 5.76 Å². The van der Waals surface area contributed by atoms with E-state index in [2.05, 4.69) is 12.2 Å². The lowest BCUT2D eigenvalue weighted by molar-refractivity contribution is 0.0924. The highest BCUT2D eigenvalue weighted by Crippen LogP contribution is 2.20. The lowest BCUT2D eigenvalue weighted by Crippen LogP contribution is -2.23. The average Bonchev–Trinajstić information content (AvgIpc) is 2.98. The number of rotatable bonds is 8. The largest absolute Gasteiger partial charge is 0.455 e. The topological polar surface area (TPSA) is 42.2 Å². The Balaban J connectivity index is 1.77. The van der Waals surface area contributed by atoms with Gasteiger partial charge in [0.2, 0.25) is 0 Å². The number of amides is 1. The number of nitrogens with one attached hydrogen (secondary N) is 1. The predicted octanol–water partition coefficient (Wildman–Crippen LogP) is 4.90. The first-order valence-electron chi connectivity index (χ1n) is 7.38. The zero-order valence-corrected chi connectivity index (χ0v) is 14.2. The van der Waals surface area contributed by atoms with Crippen molar-refractivity contribution in [3.05, 3.63) is 58.5 Å². The summed E-state index contributed by atoms with van der Waals surface area (Å²) in [7, 11) is 0. The third kappa shape index (κ3) is 5.43. The SMILES string of the molecule is CCCCNC(=O)c1ccc(CSCc2ccc(Cl)cc2)o1. The monoisotopic (exact) mass is 337 g/mol. The number of hydrogen-bond donors (Lipinski definition) is 1. The second-order valence-corrected chi connectivity index (χ2v) is 6.42. The smallest absolute Gasteiger partial charge is 0.286 e. The molecule has 0 spiro atoms. The maximum Gasteiger partial charge on any atom is 0.286 e. The minimum Gasteiger partial charge on any atom is -0.455 e. The van der Waals surface area contributed by atoms with E-state index in [4.69, 9.17) is 16.0 Å². The Morgan fingerprint density at radius 2 is 1.95 bits per heavy atom. The van der Waals surface area contributed by atoms with Crippen molar-refractivity contribution in [3.8, 4) is 0 Å². The molecule has 118 valence electrons. The van der Waals surface area contributed by atoms with Crippen LogP contribution in [0.3, 0.4) is 0 Å². The van der Waals surface area contributed by atoms with Gasteiger partial charge in [-0.1, -0.05) is 37.1 Å². The maximum atomic E-state index is 11.8. The summed E-state index contributed by atoms with van der Waals surface area (Å²) in [6.07, 6.45) is 2.04. The first-order valence-corrected chi connectivity index (χ1v) is 8.91. The van der Waals surface area contributed by atoms with Gasteiger partial charge in [0.05, 0.1) is 5.75 Å². The summed E-state index contributed by atoms with van der Waals surface area (Å²) in [5.41, 5.74) is 1.22. The number of unbranched alkanes of at least 4 members (excludes halogenated alkanes) is 1. The van der Waals surface area contributed by atoms with Crippen LogP contribution in [-0.2, 0) is 11.5 Å². The van der Waals surface area contributed by atoms with Crippen LogP contribution < -0.4 is 5.32 Å². The minimum atomic E-state index is -0.137. The van der Waals surface area contributed by atoms with E-state index in [1.54, 1.807) is 17.8 Å². The Labute approximate surface area is 140 Å². The van der Waals surface area contributed by atoms with E-state index in [9.17, 15) is 4.79 Å². The van der Waals surface area contributed by atoms with Crippen LogP contribution in [0.4, 0.5) is 0 Å². The predicted molar refractivity (Wildman–Crippen MR) is 92.4 cm³/mol. The van der Waals surface area contributed by atoms with Crippen LogP contribution in [-0.4, -0.2) is 12.5 Å². The number of hydrogen-bond acceptors (Lipinski definition) is 3. The summed E-state index contributed by atoms with van der Waals surface area (Å²) in [5.74, 6) is 2.70. The van der Waals surface area contributed by atoms with Crippen molar-refractivity contribution in [2.24, 2.45) is 0 Å². The van der Waals surface area contributed by atoms with Crippen molar-refractivity contribution in [2.75, 3.05) is 6.54 Å². The second-order valence-electron chi connectivity index (χ2n) is 4.99. The quantitative estimate of drug-likeness (QED) is 0.697. The molecule has 5 heteroatoms. The Bertz CT molecular complexity index is 595. The van der Waals surface area contributed by atoms with Crippen molar-refractivity contribution in [1.29, 1.82) is 0 Å². The molecule has 1 heterocycles. The van der Waals surface area contributed by atoms with Crippen LogP contribution in [0.1, 0.15) is 41.6 Å². The molecule has 0 aliphatic carbocycles. The number of carbonyl (C=O) groups is 1. The Morgan fingerprint density at radius 3 is 2.68 bits per heavy atom. The molecule has 3 nitrogen and oxygen atoms in total. The Hall–Kier alpha value is -1.39. The first-order chi connectivity index (χ1) is 10.7.